The summed E-state index contributed by atoms with van der Waals surface area (Å²) in [6.45, 7) is 1.98. The Bertz CT molecular complexity index is 569. The van der Waals surface area contributed by atoms with Crippen molar-refractivity contribution >= 4 is 17.9 Å². The van der Waals surface area contributed by atoms with Crippen molar-refractivity contribution in [2.45, 2.75) is 11.8 Å². The van der Waals surface area contributed by atoms with Crippen LogP contribution in [0.2, 0.25) is 0 Å². The molecule has 3 nitrogen and oxygen atoms in total. The second-order valence-corrected chi connectivity index (χ2v) is 4.66. The summed E-state index contributed by atoms with van der Waals surface area (Å²) in [4.78, 5) is 12.8. The van der Waals surface area contributed by atoms with E-state index in [1.165, 1.54) is 18.0 Å². The van der Waals surface area contributed by atoms with E-state index in [0.717, 1.165) is 10.5 Å². The number of carbonyl (C=O) groups is 1. The number of aryl methyl sites for hydroxylation is 1. The van der Waals surface area contributed by atoms with Gasteiger partial charge in [0.15, 0.2) is 0 Å². The normalized spacial score (nSPS) is 10.1. The van der Waals surface area contributed by atoms with Crippen molar-refractivity contribution in [3.63, 3.8) is 0 Å². The first kappa shape index (κ1) is 12.5. The Hall–Kier alpha value is -1.94. The number of carbonyl (C=O) groups excluding carboxylic acids is 1. The Kier molecular flexibility index (Phi) is 3.89. The topological polar surface area (TPSA) is 49.3 Å². The zero-order valence-electron chi connectivity index (χ0n) is 9.88. The van der Waals surface area contributed by atoms with E-state index in [2.05, 4.69) is 4.72 Å². The molecule has 2 aromatic carbocycles. The van der Waals surface area contributed by atoms with E-state index in [9.17, 15) is 9.90 Å². The lowest BCUT2D eigenvalue weighted by Crippen LogP contribution is -2.15. The van der Waals surface area contributed by atoms with Gasteiger partial charge in [-0.2, -0.15) is 0 Å². The Labute approximate surface area is 110 Å². The van der Waals surface area contributed by atoms with E-state index in [-0.39, 0.29) is 17.2 Å². The molecular weight excluding hydrogens is 246 g/mol. The van der Waals surface area contributed by atoms with Crippen LogP contribution in [-0.2, 0) is 0 Å². The number of benzene rings is 2. The van der Waals surface area contributed by atoms with E-state index in [4.69, 9.17) is 0 Å². The second kappa shape index (κ2) is 5.60. The van der Waals surface area contributed by atoms with Crippen molar-refractivity contribution < 1.29 is 9.90 Å². The summed E-state index contributed by atoms with van der Waals surface area (Å²) in [7, 11) is 0. The van der Waals surface area contributed by atoms with Gasteiger partial charge in [-0.25, -0.2) is 0 Å². The van der Waals surface area contributed by atoms with Crippen LogP contribution in [0.25, 0.3) is 0 Å². The minimum atomic E-state index is -0.304. The average Bonchev–Trinajstić information content (AvgIpc) is 2.38. The van der Waals surface area contributed by atoms with Crippen LogP contribution in [-0.4, -0.2) is 11.0 Å². The number of phenolic OH excluding ortho intramolecular Hbond substituents is 1. The molecule has 4 heteroatoms. The molecular formula is C14H13NO2S. The largest absolute Gasteiger partial charge is 0.507 e. The van der Waals surface area contributed by atoms with Crippen molar-refractivity contribution in [2.75, 3.05) is 0 Å². The summed E-state index contributed by atoms with van der Waals surface area (Å²) in [6, 6.07) is 14.3. The molecule has 92 valence electrons. The molecule has 0 saturated heterocycles. The third-order valence-electron chi connectivity index (χ3n) is 2.50. The van der Waals surface area contributed by atoms with E-state index in [1.807, 2.05) is 31.2 Å². The molecule has 0 aliphatic heterocycles. The highest BCUT2D eigenvalue weighted by Gasteiger charge is 2.10. The van der Waals surface area contributed by atoms with Crippen LogP contribution in [0.1, 0.15) is 15.9 Å². The molecule has 1 amide bonds. The molecule has 0 atom stereocenters. The van der Waals surface area contributed by atoms with Crippen molar-refractivity contribution in [3.8, 4) is 5.75 Å². The number of hydrogen-bond donors (Lipinski definition) is 2. The first-order valence-corrected chi connectivity index (χ1v) is 6.31. The first-order chi connectivity index (χ1) is 8.68. The number of rotatable bonds is 3. The Morgan fingerprint density at radius 1 is 1.11 bits per heavy atom. The van der Waals surface area contributed by atoms with Crippen molar-refractivity contribution in [3.05, 3.63) is 59.7 Å². The lowest BCUT2D eigenvalue weighted by Gasteiger charge is -2.07. The van der Waals surface area contributed by atoms with Gasteiger partial charge in [-0.15, -0.1) is 0 Å². The highest BCUT2D eigenvalue weighted by Crippen LogP contribution is 2.21. The first-order valence-electron chi connectivity index (χ1n) is 5.49. The standard InChI is InChI=1S/C14H13NO2S/c1-10-6-2-5-9-13(10)18-15-14(17)11-7-3-4-8-12(11)16/h2-9,16H,1H3,(H,15,17). The molecule has 18 heavy (non-hydrogen) atoms. The number of hydrogen-bond acceptors (Lipinski definition) is 3. The number of para-hydroxylation sites is 1. The SMILES string of the molecule is Cc1ccccc1SNC(=O)c1ccccc1O. The van der Waals surface area contributed by atoms with Gasteiger partial charge in [0.2, 0.25) is 0 Å². The van der Waals surface area contributed by atoms with Gasteiger partial charge in [0.25, 0.3) is 5.91 Å². The molecule has 2 aromatic rings. The van der Waals surface area contributed by atoms with Crippen LogP contribution < -0.4 is 4.72 Å². The van der Waals surface area contributed by atoms with E-state index in [0.29, 0.717) is 0 Å². The molecule has 0 aromatic heterocycles. The van der Waals surface area contributed by atoms with Crippen LogP contribution in [0.15, 0.2) is 53.4 Å². The molecule has 0 saturated carbocycles. The van der Waals surface area contributed by atoms with Gasteiger partial charge in [-0.05, 0) is 42.6 Å². The zero-order chi connectivity index (χ0) is 13.0. The van der Waals surface area contributed by atoms with Gasteiger partial charge in [0, 0.05) is 4.90 Å². The van der Waals surface area contributed by atoms with Crippen LogP contribution in [0.5, 0.6) is 5.75 Å². The third kappa shape index (κ3) is 2.84. The maximum absolute atomic E-state index is 11.9. The van der Waals surface area contributed by atoms with Crippen LogP contribution in [0, 0.1) is 6.92 Å². The number of amides is 1. The van der Waals surface area contributed by atoms with Crippen LogP contribution >= 0.6 is 11.9 Å². The summed E-state index contributed by atoms with van der Waals surface area (Å²) in [5.74, 6) is -0.318. The summed E-state index contributed by atoms with van der Waals surface area (Å²) in [5, 5.41) is 9.56. The van der Waals surface area contributed by atoms with Crippen molar-refractivity contribution in [1.29, 1.82) is 0 Å². The molecule has 0 bridgehead atoms. The summed E-state index contributed by atoms with van der Waals surface area (Å²) in [6.07, 6.45) is 0. The predicted octanol–water partition coefficient (Wildman–Crippen LogP) is 3.14. The fourth-order valence-electron chi connectivity index (χ4n) is 1.49. The highest BCUT2D eigenvalue weighted by atomic mass is 32.2. The maximum atomic E-state index is 11.9. The lowest BCUT2D eigenvalue weighted by molar-refractivity contribution is 0.0982. The van der Waals surface area contributed by atoms with Gasteiger partial charge in [0.05, 0.1) is 5.56 Å². The highest BCUT2D eigenvalue weighted by molar-refractivity contribution is 7.98. The minimum absolute atomic E-state index is 0.0135. The molecule has 2 rings (SSSR count). The van der Waals surface area contributed by atoms with Gasteiger partial charge < -0.3 is 5.11 Å². The third-order valence-corrected chi connectivity index (χ3v) is 3.46. The van der Waals surface area contributed by atoms with Gasteiger partial charge in [0.1, 0.15) is 5.75 Å². The minimum Gasteiger partial charge on any atom is -0.507 e. The fourth-order valence-corrected chi connectivity index (χ4v) is 2.18. The number of aromatic hydroxyl groups is 1. The molecule has 2 N–H and O–H groups in total. The number of phenols is 1. The van der Waals surface area contributed by atoms with E-state index >= 15 is 0 Å². The van der Waals surface area contributed by atoms with Crippen LogP contribution in [0.3, 0.4) is 0 Å². The Morgan fingerprint density at radius 2 is 1.78 bits per heavy atom. The van der Waals surface area contributed by atoms with Gasteiger partial charge in [-0.1, -0.05) is 30.3 Å². The van der Waals surface area contributed by atoms with Crippen LogP contribution in [0.4, 0.5) is 0 Å². The summed E-state index contributed by atoms with van der Waals surface area (Å²) in [5.41, 5.74) is 1.37. The smallest absolute Gasteiger partial charge is 0.265 e. The van der Waals surface area contributed by atoms with Gasteiger partial charge in [-0.3, -0.25) is 9.52 Å². The zero-order valence-corrected chi connectivity index (χ0v) is 10.7. The monoisotopic (exact) mass is 259 g/mol. The maximum Gasteiger partial charge on any atom is 0.265 e. The predicted molar refractivity (Wildman–Crippen MR) is 72.6 cm³/mol. The molecule has 0 unspecified atom stereocenters. The molecule has 0 radical (unpaired) electrons. The quantitative estimate of drug-likeness (QED) is 0.832. The molecule has 0 spiro atoms. The summed E-state index contributed by atoms with van der Waals surface area (Å²) < 4.78 is 2.71. The summed E-state index contributed by atoms with van der Waals surface area (Å²) >= 11 is 1.25. The van der Waals surface area contributed by atoms with E-state index in [1.54, 1.807) is 18.2 Å². The molecule has 0 aliphatic carbocycles. The Balaban J connectivity index is 2.06. The van der Waals surface area contributed by atoms with Crippen molar-refractivity contribution in [1.82, 2.24) is 4.72 Å². The number of nitrogens with one attached hydrogen (secondary N) is 1. The lowest BCUT2D eigenvalue weighted by atomic mass is 10.2. The second-order valence-electron chi connectivity index (χ2n) is 3.82. The molecule has 0 fully saturated rings. The molecule has 0 aliphatic rings. The average molecular weight is 259 g/mol. The Morgan fingerprint density at radius 3 is 2.50 bits per heavy atom. The van der Waals surface area contributed by atoms with Gasteiger partial charge >= 0.3 is 0 Å². The van der Waals surface area contributed by atoms with E-state index < -0.39 is 0 Å². The van der Waals surface area contributed by atoms with Crippen molar-refractivity contribution in [2.24, 2.45) is 0 Å². The fraction of sp³-hybridized carbons (Fsp3) is 0.0714. The molecule has 0 heterocycles.